The van der Waals surface area contributed by atoms with Crippen LogP contribution >= 0.6 is 0 Å². The van der Waals surface area contributed by atoms with Gasteiger partial charge >= 0.3 is 6.18 Å². The summed E-state index contributed by atoms with van der Waals surface area (Å²) in [7, 11) is 0. The van der Waals surface area contributed by atoms with Crippen LogP contribution < -0.4 is 4.90 Å². The van der Waals surface area contributed by atoms with Crippen molar-refractivity contribution < 1.29 is 27.6 Å². The molecule has 2 heterocycles. The van der Waals surface area contributed by atoms with Crippen LogP contribution in [-0.4, -0.2) is 52.7 Å². The van der Waals surface area contributed by atoms with E-state index in [0.29, 0.717) is 16.8 Å². The molecule has 0 aliphatic carbocycles. The van der Waals surface area contributed by atoms with Gasteiger partial charge in [0.25, 0.3) is 5.91 Å². The number of nitriles is 1. The molecule has 4 rings (SSSR count). The third kappa shape index (κ3) is 3.98. The number of likely N-dealkylation sites (tertiary alicyclic amines) is 1. The van der Waals surface area contributed by atoms with Crippen molar-refractivity contribution in [2.24, 2.45) is 0 Å². The lowest BCUT2D eigenvalue weighted by molar-refractivity contribution is -0.170. The Morgan fingerprint density at radius 2 is 1.68 bits per heavy atom. The number of carbonyl (C=O) groups is 3. The summed E-state index contributed by atoms with van der Waals surface area (Å²) in [5, 5.41) is 9.01. The molecule has 3 amide bonds. The number of anilines is 1. The summed E-state index contributed by atoms with van der Waals surface area (Å²) in [6.45, 7) is 1.41. The first kappa shape index (κ1) is 23.3. The highest BCUT2D eigenvalue weighted by atomic mass is 19.4. The summed E-state index contributed by atoms with van der Waals surface area (Å²) in [4.78, 5) is 43.3. The summed E-state index contributed by atoms with van der Waals surface area (Å²) >= 11 is 0. The molecule has 2 aromatic rings. The molecule has 2 saturated heterocycles. The molecule has 1 spiro atoms. The molecule has 34 heavy (non-hydrogen) atoms. The fourth-order valence-corrected chi connectivity index (χ4v) is 4.33. The average Bonchev–Trinajstić information content (AvgIpc) is 2.79. The lowest BCUT2D eigenvalue weighted by Gasteiger charge is -2.58. The summed E-state index contributed by atoms with van der Waals surface area (Å²) in [6, 6.07) is 12.7. The Kier molecular flexibility index (Phi) is 5.81. The van der Waals surface area contributed by atoms with Crippen LogP contribution in [0, 0.1) is 11.3 Å². The normalized spacial score (nSPS) is 17.6. The number of hydrogen-bond acceptors (Lipinski definition) is 4. The number of rotatable bonds is 4. The molecular formula is C24H21F3N4O3. The van der Waals surface area contributed by atoms with Crippen molar-refractivity contribution >= 4 is 23.4 Å². The van der Waals surface area contributed by atoms with Crippen molar-refractivity contribution in [3.8, 4) is 6.07 Å². The summed E-state index contributed by atoms with van der Waals surface area (Å²) in [6.07, 6.45) is -4.23. The van der Waals surface area contributed by atoms with E-state index in [1.54, 1.807) is 31.2 Å². The molecule has 2 aliphatic rings. The van der Waals surface area contributed by atoms with Crippen LogP contribution in [0.5, 0.6) is 0 Å². The molecule has 0 atom stereocenters. The highest BCUT2D eigenvalue weighted by molar-refractivity contribution is 6.10. The van der Waals surface area contributed by atoms with Gasteiger partial charge in [-0.2, -0.15) is 18.4 Å². The predicted octanol–water partition coefficient (Wildman–Crippen LogP) is 2.94. The Labute approximate surface area is 194 Å². The second-order valence-electron chi connectivity index (χ2n) is 8.36. The smallest absolute Gasteiger partial charge is 0.337 e. The minimum Gasteiger partial charge on any atom is -0.337 e. The van der Waals surface area contributed by atoms with E-state index in [4.69, 9.17) is 5.26 Å². The van der Waals surface area contributed by atoms with E-state index in [1.165, 1.54) is 26.8 Å². The number of alkyl halides is 3. The molecule has 0 saturated carbocycles. The molecule has 10 heteroatoms. The first-order valence-electron chi connectivity index (χ1n) is 10.7. The van der Waals surface area contributed by atoms with Crippen LogP contribution in [0.2, 0.25) is 0 Å². The van der Waals surface area contributed by atoms with Crippen LogP contribution in [0.3, 0.4) is 0 Å². The zero-order valence-electron chi connectivity index (χ0n) is 18.3. The van der Waals surface area contributed by atoms with Gasteiger partial charge in [0.2, 0.25) is 11.8 Å². The minimum atomic E-state index is -4.48. The Morgan fingerprint density at radius 1 is 1.06 bits per heavy atom. The van der Waals surface area contributed by atoms with E-state index >= 15 is 0 Å². The van der Waals surface area contributed by atoms with Crippen molar-refractivity contribution in [3.63, 3.8) is 0 Å². The van der Waals surface area contributed by atoms with Gasteiger partial charge in [-0.1, -0.05) is 19.1 Å². The Morgan fingerprint density at radius 3 is 2.21 bits per heavy atom. The van der Waals surface area contributed by atoms with Gasteiger partial charge < -0.3 is 14.7 Å². The Hall–Kier alpha value is -3.87. The Balaban J connectivity index is 1.64. The first-order chi connectivity index (χ1) is 16.1. The molecule has 0 unspecified atom stereocenters. The van der Waals surface area contributed by atoms with E-state index in [9.17, 15) is 27.6 Å². The van der Waals surface area contributed by atoms with Crippen LogP contribution in [-0.2, 0) is 27.1 Å². The van der Waals surface area contributed by atoms with Gasteiger partial charge in [0.15, 0.2) is 5.54 Å². The van der Waals surface area contributed by atoms with Crippen LogP contribution in [0.25, 0.3) is 0 Å². The number of piperazine rings is 1. The number of nitrogens with zero attached hydrogens (tertiary/aromatic N) is 4. The van der Waals surface area contributed by atoms with E-state index in [2.05, 4.69) is 0 Å². The van der Waals surface area contributed by atoms with Gasteiger partial charge in [-0.25, -0.2) is 0 Å². The minimum absolute atomic E-state index is 0.0116. The summed E-state index contributed by atoms with van der Waals surface area (Å²) in [5.41, 5.74) is -0.813. The third-order valence-electron chi connectivity index (χ3n) is 6.24. The van der Waals surface area contributed by atoms with Crippen molar-refractivity contribution in [3.05, 3.63) is 65.2 Å². The summed E-state index contributed by atoms with van der Waals surface area (Å²) < 4.78 is 38.7. The van der Waals surface area contributed by atoms with Crippen LogP contribution in [0.15, 0.2) is 48.5 Å². The molecular weight excluding hydrogens is 449 g/mol. The van der Waals surface area contributed by atoms with Gasteiger partial charge in [-0.05, 0) is 42.0 Å². The zero-order chi connectivity index (χ0) is 24.7. The van der Waals surface area contributed by atoms with Gasteiger partial charge in [0, 0.05) is 18.7 Å². The fraction of sp³-hybridized carbons (Fsp3) is 0.333. The summed E-state index contributed by atoms with van der Waals surface area (Å²) in [5.74, 6) is -0.910. The molecule has 0 N–H and O–H groups in total. The monoisotopic (exact) mass is 470 g/mol. The number of carbonyl (C=O) groups excluding carboxylic acids is 3. The largest absolute Gasteiger partial charge is 0.416 e. The second kappa shape index (κ2) is 8.48. The van der Waals surface area contributed by atoms with E-state index in [-0.39, 0.29) is 50.3 Å². The second-order valence-corrected chi connectivity index (χ2v) is 8.36. The highest BCUT2D eigenvalue weighted by Gasteiger charge is 2.60. The quantitative estimate of drug-likeness (QED) is 0.688. The maximum absolute atomic E-state index is 13.7. The number of halogens is 3. The zero-order valence-corrected chi connectivity index (χ0v) is 18.3. The third-order valence-corrected chi connectivity index (χ3v) is 6.24. The van der Waals surface area contributed by atoms with Gasteiger partial charge in [-0.15, -0.1) is 0 Å². The molecule has 0 aromatic heterocycles. The van der Waals surface area contributed by atoms with E-state index in [1.807, 2.05) is 6.07 Å². The van der Waals surface area contributed by atoms with Gasteiger partial charge in [-0.3, -0.25) is 14.4 Å². The first-order valence-corrected chi connectivity index (χ1v) is 10.7. The Bertz CT molecular complexity index is 1160. The number of hydrogen-bond donors (Lipinski definition) is 0. The maximum Gasteiger partial charge on any atom is 0.416 e. The lowest BCUT2D eigenvalue weighted by Crippen LogP contribution is -2.81. The lowest BCUT2D eigenvalue weighted by atomic mass is 9.82. The molecule has 2 aromatic carbocycles. The molecule has 0 bridgehead atoms. The van der Waals surface area contributed by atoms with Gasteiger partial charge in [0.05, 0.1) is 30.3 Å². The van der Waals surface area contributed by atoms with E-state index in [0.717, 1.165) is 12.1 Å². The van der Waals surface area contributed by atoms with Crippen molar-refractivity contribution in [2.75, 3.05) is 24.5 Å². The van der Waals surface area contributed by atoms with Crippen molar-refractivity contribution in [2.45, 2.75) is 31.6 Å². The van der Waals surface area contributed by atoms with Crippen molar-refractivity contribution in [1.82, 2.24) is 9.80 Å². The predicted molar refractivity (Wildman–Crippen MR) is 115 cm³/mol. The van der Waals surface area contributed by atoms with Crippen LogP contribution in [0.4, 0.5) is 18.9 Å². The molecule has 176 valence electrons. The van der Waals surface area contributed by atoms with E-state index < -0.39 is 17.3 Å². The maximum atomic E-state index is 13.7. The number of amides is 3. The van der Waals surface area contributed by atoms with Crippen molar-refractivity contribution in [1.29, 1.82) is 5.26 Å². The van der Waals surface area contributed by atoms with Crippen LogP contribution in [0.1, 0.15) is 30.0 Å². The topological polar surface area (TPSA) is 84.7 Å². The SMILES string of the molecule is CCC(=O)N1CC2(C1)C(=O)N(c1ccc(C#N)cc1)CC(=O)N2Cc1ccc(C(F)(F)F)cc1. The van der Waals surface area contributed by atoms with Gasteiger partial charge in [0.1, 0.15) is 6.54 Å². The number of benzene rings is 2. The molecule has 2 fully saturated rings. The molecule has 7 nitrogen and oxygen atoms in total. The molecule has 0 radical (unpaired) electrons. The fourth-order valence-electron chi connectivity index (χ4n) is 4.33. The molecule has 2 aliphatic heterocycles. The average molecular weight is 470 g/mol. The highest BCUT2D eigenvalue weighted by Crippen LogP contribution is 2.37. The standard InChI is InChI=1S/C24H21F3N4O3/c1-2-20(32)29-14-23(15-29)22(34)30(19-9-5-16(11-28)6-10-19)13-21(33)31(23)12-17-3-7-18(8-4-17)24(25,26)27/h3-10H,2,12-15H2,1H3.